The molecule has 114 valence electrons. The molecule has 1 aromatic carbocycles. The molecule has 1 aromatic rings. The van der Waals surface area contributed by atoms with Crippen molar-refractivity contribution in [3.05, 3.63) is 29.3 Å². The van der Waals surface area contributed by atoms with Gasteiger partial charge in [0, 0.05) is 25.1 Å². The topological polar surface area (TPSA) is 69.6 Å². The van der Waals surface area contributed by atoms with Gasteiger partial charge in [-0.2, -0.15) is 0 Å². The van der Waals surface area contributed by atoms with E-state index in [0.717, 1.165) is 4.90 Å². The van der Waals surface area contributed by atoms with Gasteiger partial charge in [-0.05, 0) is 0 Å². The van der Waals surface area contributed by atoms with E-state index in [0.29, 0.717) is 0 Å². The Morgan fingerprint density at radius 2 is 1.71 bits per heavy atom. The summed E-state index contributed by atoms with van der Waals surface area (Å²) in [6.07, 6.45) is -0.138. The average molecular weight is 306 g/mol. The van der Waals surface area contributed by atoms with Crippen LogP contribution in [0.1, 0.15) is 6.42 Å². The minimum Gasteiger partial charge on any atom is -0.481 e. The molecule has 2 N–H and O–H groups in total. The van der Waals surface area contributed by atoms with E-state index in [4.69, 9.17) is 5.11 Å². The fraction of sp³-hybridized carbons (Fsp3) is 0.333. The van der Waals surface area contributed by atoms with Crippen molar-refractivity contribution in [2.24, 2.45) is 5.92 Å². The van der Waals surface area contributed by atoms with Crippen LogP contribution in [0.25, 0.3) is 0 Å². The summed E-state index contributed by atoms with van der Waals surface area (Å²) >= 11 is 0. The molecule has 21 heavy (non-hydrogen) atoms. The summed E-state index contributed by atoms with van der Waals surface area (Å²) < 4.78 is 52.6. The average Bonchev–Trinajstić information content (AvgIpc) is 2.35. The van der Waals surface area contributed by atoms with Crippen LogP contribution in [0.3, 0.4) is 0 Å². The van der Waals surface area contributed by atoms with Gasteiger partial charge >= 0.3 is 12.0 Å². The predicted octanol–water partition coefficient (Wildman–Crippen LogP) is 2.18. The smallest absolute Gasteiger partial charge is 0.322 e. The van der Waals surface area contributed by atoms with Crippen molar-refractivity contribution >= 4 is 17.7 Å². The first-order valence-corrected chi connectivity index (χ1v) is 5.90. The van der Waals surface area contributed by atoms with Crippen LogP contribution >= 0.6 is 0 Å². The Kier molecular flexibility index (Phi) is 4.01. The van der Waals surface area contributed by atoms with Crippen molar-refractivity contribution in [3.8, 4) is 0 Å². The number of amides is 2. The van der Waals surface area contributed by atoms with Crippen LogP contribution in [0, 0.1) is 29.2 Å². The van der Waals surface area contributed by atoms with E-state index in [9.17, 15) is 27.2 Å². The van der Waals surface area contributed by atoms with E-state index in [2.05, 4.69) is 0 Å². The Morgan fingerprint density at radius 1 is 1.19 bits per heavy atom. The summed E-state index contributed by atoms with van der Waals surface area (Å²) in [6.45, 7) is 0.165. The van der Waals surface area contributed by atoms with Crippen molar-refractivity contribution in [1.29, 1.82) is 0 Å². The molecular formula is C12H10F4N2O3. The number of carboxylic acid groups (broad SMARTS) is 1. The number of hydrogen-bond donors (Lipinski definition) is 2. The highest BCUT2D eigenvalue weighted by Crippen LogP contribution is 2.26. The molecule has 1 saturated heterocycles. The largest absolute Gasteiger partial charge is 0.481 e. The number of halogens is 4. The second kappa shape index (κ2) is 5.58. The molecule has 1 fully saturated rings. The van der Waals surface area contributed by atoms with Crippen molar-refractivity contribution in [2.75, 3.05) is 18.4 Å². The number of rotatable bonds is 3. The number of hydrogen-bond acceptors (Lipinski definition) is 2. The normalized spacial score (nSPS) is 14.8. The number of carbonyl (C=O) groups excluding carboxylic acids is 1. The molecule has 0 aliphatic carbocycles. The molecule has 1 aliphatic rings. The lowest BCUT2D eigenvalue weighted by atomic mass is 9.97. The van der Waals surface area contributed by atoms with Crippen molar-refractivity contribution in [2.45, 2.75) is 6.42 Å². The molecule has 0 bridgehead atoms. The highest BCUT2D eigenvalue weighted by Gasteiger charge is 2.33. The summed E-state index contributed by atoms with van der Waals surface area (Å²) in [5.41, 5.74) is -1.21. The molecule has 2 amide bonds. The highest BCUT2D eigenvalue weighted by atomic mass is 19.2. The van der Waals surface area contributed by atoms with Gasteiger partial charge in [-0.25, -0.2) is 22.4 Å². The summed E-state index contributed by atoms with van der Waals surface area (Å²) in [4.78, 5) is 23.2. The van der Waals surface area contributed by atoms with E-state index in [1.165, 1.54) is 0 Å². The van der Waals surface area contributed by atoms with Gasteiger partial charge in [0.2, 0.25) is 0 Å². The number of urea groups is 1. The summed E-state index contributed by atoms with van der Waals surface area (Å²) in [7, 11) is 0. The summed E-state index contributed by atoms with van der Waals surface area (Å²) in [5.74, 6) is -7.95. The van der Waals surface area contributed by atoms with Crippen LogP contribution in [-0.4, -0.2) is 35.1 Å². The molecule has 1 aliphatic heterocycles. The third kappa shape index (κ3) is 3.06. The first-order valence-electron chi connectivity index (χ1n) is 5.90. The zero-order chi connectivity index (χ0) is 15.7. The number of aliphatic carboxylic acids is 1. The molecule has 9 heteroatoms. The molecule has 2 rings (SSSR count). The molecule has 0 spiro atoms. The number of anilines is 1. The summed E-state index contributed by atoms with van der Waals surface area (Å²) in [6, 6.07) is -0.924. The van der Waals surface area contributed by atoms with E-state index >= 15 is 0 Å². The third-order valence-electron chi connectivity index (χ3n) is 3.05. The van der Waals surface area contributed by atoms with Crippen molar-refractivity contribution in [1.82, 2.24) is 4.90 Å². The molecule has 0 atom stereocenters. The number of nitrogens with one attached hydrogen (secondary N) is 1. The maximum Gasteiger partial charge on any atom is 0.322 e. The van der Waals surface area contributed by atoms with Gasteiger partial charge in [0.25, 0.3) is 0 Å². The molecule has 0 aromatic heterocycles. The number of nitrogens with zero attached hydrogens (tertiary/aromatic N) is 1. The number of carboxylic acids is 1. The van der Waals surface area contributed by atoms with Crippen LogP contribution < -0.4 is 5.32 Å². The van der Waals surface area contributed by atoms with Crippen LogP contribution in [0.4, 0.5) is 28.0 Å². The SMILES string of the molecule is O=C(O)CC1CN(C(=O)Nc2c(F)c(F)cc(F)c2F)C1. The quantitative estimate of drug-likeness (QED) is 0.664. The maximum absolute atomic E-state index is 13.3. The van der Waals surface area contributed by atoms with Gasteiger partial charge in [-0.1, -0.05) is 0 Å². The monoisotopic (exact) mass is 306 g/mol. The minimum absolute atomic E-state index is 0.0346. The third-order valence-corrected chi connectivity index (χ3v) is 3.05. The van der Waals surface area contributed by atoms with Gasteiger partial charge in [0.15, 0.2) is 23.3 Å². The highest BCUT2D eigenvalue weighted by molar-refractivity contribution is 5.90. The molecule has 5 nitrogen and oxygen atoms in total. The second-order valence-electron chi connectivity index (χ2n) is 4.64. The fourth-order valence-electron chi connectivity index (χ4n) is 1.98. The lowest BCUT2D eigenvalue weighted by Gasteiger charge is -2.38. The Labute approximate surface area is 116 Å². The molecule has 0 saturated carbocycles. The van der Waals surface area contributed by atoms with Crippen LogP contribution in [0.5, 0.6) is 0 Å². The predicted molar refractivity (Wildman–Crippen MR) is 62.6 cm³/mol. The first kappa shape index (κ1) is 15.1. The Morgan fingerprint density at radius 3 is 2.19 bits per heavy atom. The number of carbonyl (C=O) groups is 2. The Balaban J connectivity index is 2.03. The van der Waals surface area contributed by atoms with E-state index in [-0.39, 0.29) is 31.5 Å². The van der Waals surface area contributed by atoms with Crippen LogP contribution in [0.2, 0.25) is 0 Å². The standard InChI is InChI=1S/C12H10F4N2O3/c13-6-2-7(14)10(16)11(9(6)15)17-12(21)18-3-5(4-18)1-8(19)20/h2,5H,1,3-4H2,(H,17,21)(H,19,20). The van der Waals surface area contributed by atoms with Crippen molar-refractivity contribution in [3.63, 3.8) is 0 Å². The number of benzene rings is 1. The fourth-order valence-corrected chi connectivity index (χ4v) is 1.98. The second-order valence-corrected chi connectivity index (χ2v) is 4.64. The first-order chi connectivity index (χ1) is 9.79. The van der Waals surface area contributed by atoms with Crippen LogP contribution in [-0.2, 0) is 4.79 Å². The van der Waals surface area contributed by atoms with Gasteiger partial charge in [0.05, 0.1) is 6.42 Å². The summed E-state index contributed by atoms with van der Waals surface area (Å²) in [5, 5.41) is 10.3. The molecule has 0 unspecified atom stereocenters. The van der Waals surface area contributed by atoms with E-state index in [1.54, 1.807) is 5.32 Å². The van der Waals surface area contributed by atoms with Gasteiger partial charge in [-0.15, -0.1) is 0 Å². The molecule has 1 heterocycles. The lowest BCUT2D eigenvalue weighted by Crippen LogP contribution is -2.52. The minimum atomic E-state index is -1.70. The lowest BCUT2D eigenvalue weighted by molar-refractivity contribution is -0.139. The van der Waals surface area contributed by atoms with Gasteiger partial charge in [-0.3, -0.25) is 4.79 Å². The molecule has 0 radical (unpaired) electrons. The van der Waals surface area contributed by atoms with Gasteiger partial charge in [0.1, 0.15) is 5.69 Å². The zero-order valence-electron chi connectivity index (χ0n) is 10.5. The number of likely N-dealkylation sites (tertiary alicyclic amines) is 1. The zero-order valence-corrected chi connectivity index (χ0v) is 10.5. The van der Waals surface area contributed by atoms with Crippen molar-refractivity contribution < 1.29 is 32.3 Å². The maximum atomic E-state index is 13.3. The Bertz CT molecular complexity index is 576. The van der Waals surface area contributed by atoms with Gasteiger partial charge < -0.3 is 15.3 Å². The van der Waals surface area contributed by atoms with E-state index in [1.807, 2.05) is 0 Å². The van der Waals surface area contributed by atoms with Crippen LogP contribution in [0.15, 0.2) is 6.07 Å². The Hall–Kier alpha value is -2.32. The van der Waals surface area contributed by atoms with E-state index < -0.39 is 41.0 Å². The molecular weight excluding hydrogens is 296 g/mol.